The van der Waals surface area contributed by atoms with Crippen LogP contribution in [-0.4, -0.2) is 23.2 Å². The Morgan fingerprint density at radius 1 is 1.00 bits per heavy atom. The average molecular weight is 251 g/mol. The Hall–Kier alpha value is -1.81. The quantitative estimate of drug-likeness (QED) is 0.604. The Morgan fingerprint density at radius 3 is 2.53 bits per heavy atom. The lowest BCUT2D eigenvalue weighted by molar-refractivity contribution is 0.211. The first-order chi connectivity index (χ1) is 8.34. The minimum atomic E-state index is 0.173. The monoisotopic (exact) mass is 250 g/mol. The molecule has 17 heavy (non-hydrogen) atoms. The topological polar surface area (TPSA) is 44.2 Å². The van der Waals surface area contributed by atoms with E-state index in [1.54, 1.807) is 12.3 Å². The van der Waals surface area contributed by atoms with Gasteiger partial charge in [0.2, 0.25) is 11.2 Å². The van der Waals surface area contributed by atoms with Gasteiger partial charge in [0.25, 0.3) is 0 Å². The van der Waals surface area contributed by atoms with Gasteiger partial charge in [-0.1, -0.05) is 18.2 Å². The van der Waals surface area contributed by atoms with Gasteiger partial charge in [0.15, 0.2) is 0 Å². The third-order valence-electron chi connectivity index (χ3n) is 1.95. The molecular formula is C12H11ClN2O2. The molecule has 0 aliphatic rings. The molecule has 0 atom stereocenters. The number of hydrogen-bond acceptors (Lipinski definition) is 4. The van der Waals surface area contributed by atoms with Gasteiger partial charge in [0.05, 0.1) is 0 Å². The summed E-state index contributed by atoms with van der Waals surface area (Å²) in [5.41, 5.74) is 0. The molecule has 0 spiro atoms. The molecule has 4 nitrogen and oxygen atoms in total. The predicted molar refractivity (Wildman–Crippen MR) is 64.5 cm³/mol. The maximum atomic E-state index is 5.62. The van der Waals surface area contributed by atoms with Crippen LogP contribution < -0.4 is 9.47 Å². The Kier molecular flexibility index (Phi) is 4.16. The number of benzene rings is 1. The van der Waals surface area contributed by atoms with Crippen LogP contribution in [0.1, 0.15) is 0 Å². The van der Waals surface area contributed by atoms with Crippen molar-refractivity contribution in [2.24, 2.45) is 0 Å². The summed E-state index contributed by atoms with van der Waals surface area (Å²) in [5, 5.41) is 0.173. The molecule has 0 fully saturated rings. The van der Waals surface area contributed by atoms with Gasteiger partial charge < -0.3 is 9.47 Å². The summed E-state index contributed by atoms with van der Waals surface area (Å²) >= 11 is 5.62. The van der Waals surface area contributed by atoms with Crippen molar-refractivity contribution in [1.29, 1.82) is 0 Å². The third kappa shape index (κ3) is 3.92. The van der Waals surface area contributed by atoms with E-state index in [4.69, 9.17) is 21.1 Å². The number of ether oxygens (including phenoxy) is 2. The second kappa shape index (κ2) is 6.06. The highest BCUT2D eigenvalue weighted by Gasteiger charge is 1.97. The van der Waals surface area contributed by atoms with E-state index in [0.717, 1.165) is 5.75 Å². The van der Waals surface area contributed by atoms with Crippen LogP contribution >= 0.6 is 11.6 Å². The van der Waals surface area contributed by atoms with Crippen LogP contribution in [0.4, 0.5) is 0 Å². The number of nitrogens with zero attached hydrogens (tertiary/aromatic N) is 2. The van der Waals surface area contributed by atoms with E-state index in [1.165, 1.54) is 0 Å². The lowest BCUT2D eigenvalue weighted by Gasteiger charge is -2.07. The van der Waals surface area contributed by atoms with Gasteiger partial charge in [-0.2, -0.15) is 4.98 Å². The Morgan fingerprint density at radius 2 is 1.76 bits per heavy atom. The molecule has 1 aromatic heterocycles. The molecule has 0 saturated carbocycles. The summed E-state index contributed by atoms with van der Waals surface area (Å²) in [7, 11) is 0. The van der Waals surface area contributed by atoms with Crippen LogP contribution in [0, 0.1) is 0 Å². The lowest BCUT2D eigenvalue weighted by Crippen LogP contribution is -2.09. The molecule has 0 aliphatic carbocycles. The molecule has 2 aromatic rings. The SMILES string of the molecule is Clc1nccc(OCCOc2ccccc2)n1. The van der Waals surface area contributed by atoms with E-state index in [9.17, 15) is 0 Å². The molecule has 1 heterocycles. The molecule has 0 saturated heterocycles. The van der Waals surface area contributed by atoms with Crippen molar-refractivity contribution < 1.29 is 9.47 Å². The average Bonchev–Trinajstić information content (AvgIpc) is 2.36. The second-order valence-electron chi connectivity index (χ2n) is 3.17. The smallest absolute Gasteiger partial charge is 0.225 e. The minimum Gasteiger partial charge on any atom is -0.490 e. The van der Waals surface area contributed by atoms with Crippen LogP contribution in [0.25, 0.3) is 0 Å². The van der Waals surface area contributed by atoms with E-state index in [-0.39, 0.29) is 5.28 Å². The fourth-order valence-electron chi connectivity index (χ4n) is 1.22. The molecule has 0 radical (unpaired) electrons. The molecule has 2 rings (SSSR count). The van der Waals surface area contributed by atoms with Crippen LogP contribution in [0.5, 0.6) is 11.6 Å². The van der Waals surface area contributed by atoms with Crippen molar-refractivity contribution in [3.63, 3.8) is 0 Å². The highest BCUT2D eigenvalue weighted by molar-refractivity contribution is 6.28. The zero-order valence-electron chi connectivity index (χ0n) is 9.04. The molecule has 5 heteroatoms. The number of para-hydroxylation sites is 1. The molecule has 0 aliphatic heterocycles. The largest absolute Gasteiger partial charge is 0.490 e. The zero-order valence-corrected chi connectivity index (χ0v) is 9.80. The van der Waals surface area contributed by atoms with Crippen molar-refractivity contribution in [3.05, 3.63) is 47.9 Å². The first-order valence-electron chi connectivity index (χ1n) is 5.14. The molecule has 0 N–H and O–H groups in total. The first kappa shape index (κ1) is 11.7. The summed E-state index contributed by atoms with van der Waals surface area (Å²) in [4.78, 5) is 7.65. The first-order valence-corrected chi connectivity index (χ1v) is 5.51. The van der Waals surface area contributed by atoms with Gasteiger partial charge in [-0.15, -0.1) is 0 Å². The summed E-state index contributed by atoms with van der Waals surface area (Å²) in [6, 6.07) is 11.2. The molecule has 88 valence electrons. The van der Waals surface area contributed by atoms with Crippen LogP contribution in [0.2, 0.25) is 5.28 Å². The predicted octanol–water partition coefficient (Wildman–Crippen LogP) is 2.59. The molecule has 0 bridgehead atoms. The van der Waals surface area contributed by atoms with Crippen molar-refractivity contribution >= 4 is 11.6 Å². The standard InChI is InChI=1S/C12H11ClN2O2/c13-12-14-7-6-11(15-12)17-9-8-16-10-4-2-1-3-5-10/h1-7H,8-9H2. The summed E-state index contributed by atoms with van der Waals surface area (Å²) < 4.78 is 10.8. The van der Waals surface area contributed by atoms with E-state index < -0.39 is 0 Å². The molecule has 0 amide bonds. The van der Waals surface area contributed by atoms with Crippen molar-refractivity contribution in [3.8, 4) is 11.6 Å². The second-order valence-corrected chi connectivity index (χ2v) is 3.51. The number of halogens is 1. The van der Waals surface area contributed by atoms with E-state index in [1.807, 2.05) is 30.3 Å². The third-order valence-corrected chi connectivity index (χ3v) is 2.13. The van der Waals surface area contributed by atoms with Crippen molar-refractivity contribution in [2.75, 3.05) is 13.2 Å². The number of rotatable bonds is 5. The highest BCUT2D eigenvalue weighted by Crippen LogP contribution is 2.10. The lowest BCUT2D eigenvalue weighted by atomic mass is 10.3. The van der Waals surface area contributed by atoms with Gasteiger partial charge >= 0.3 is 0 Å². The molecular weight excluding hydrogens is 240 g/mol. The van der Waals surface area contributed by atoms with Gasteiger partial charge in [-0.3, -0.25) is 0 Å². The number of aromatic nitrogens is 2. The van der Waals surface area contributed by atoms with Gasteiger partial charge in [0, 0.05) is 12.3 Å². The Balaban J connectivity index is 1.73. The van der Waals surface area contributed by atoms with Gasteiger partial charge in [-0.25, -0.2) is 4.98 Å². The fraction of sp³-hybridized carbons (Fsp3) is 0.167. The fourth-order valence-corrected chi connectivity index (χ4v) is 1.36. The maximum absolute atomic E-state index is 5.62. The van der Waals surface area contributed by atoms with Gasteiger partial charge in [-0.05, 0) is 23.7 Å². The number of hydrogen-bond donors (Lipinski definition) is 0. The molecule has 0 unspecified atom stereocenters. The summed E-state index contributed by atoms with van der Waals surface area (Å²) in [6.07, 6.45) is 1.54. The highest BCUT2D eigenvalue weighted by atomic mass is 35.5. The maximum Gasteiger partial charge on any atom is 0.225 e. The Bertz CT molecular complexity index is 465. The van der Waals surface area contributed by atoms with E-state index >= 15 is 0 Å². The van der Waals surface area contributed by atoms with Crippen molar-refractivity contribution in [2.45, 2.75) is 0 Å². The minimum absolute atomic E-state index is 0.173. The van der Waals surface area contributed by atoms with Crippen molar-refractivity contribution in [1.82, 2.24) is 9.97 Å². The molecule has 1 aromatic carbocycles. The van der Waals surface area contributed by atoms with Crippen LogP contribution in [0.3, 0.4) is 0 Å². The summed E-state index contributed by atoms with van der Waals surface area (Å²) in [5.74, 6) is 1.26. The zero-order chi connectivity index (χ0) is 11.9. The van der Waals surface area contributed by atoms with Gasteiger partial charge in [0.1, 0.15) is 19.0 Å². The van der Waals surface area contributed by atoms with Crippen LogP contribution in [-0.2, 0) is 0 Å². The Labute approximate surface area is 104 Å². The van der Waals surface area contributed by atoms with Crippen LogP contribution in [0.15, 0.2) is 42.6 Å². The van der Waals surface area contributed by atoms with E-state index in [2.05, 4.69) is 9.97 Å². The summed E-state index contributed by atoms with van der Waals surface area (Å²) in [6.45, 7) is 0.855. The normalized spacial score (nSPS) is 9.94. The van der Waals surface area contributed by atoms with E-state index in [0.29, 0.717) is 19.1 Å².